The molecule has 0 unspecified atom stereocenters. The quantitative estimate of drug-likeness (QED) is 0.574. The molecule has 0 spiro atoms. The van der Waals surface area contributed by atoms with Gasteiger partial charge >= 0.3 is 0 Å². The summed E-state index contributed by atoms with van der Waals surface area (Å²) < 4.78 is 0. The lowest BCUT2D eigenvalue weighted by Gasteiger charge is -2.34. The summed E-state index contributed by atoms with van der Waals surface area (Å²) in [5, 5.41) is 2.70. The number of hydrogen-bond donors (Lipinski definition) is 0. The maximum absolute atomic E-state index is 12.6. The van der Waals surface area contributed by atoms with Crippen molar-refractivity contribution in [1.82, 2.24) is 9.80 Å². The first-order valence-electron chi connectivity index (χ1n) is 10.2. The minimum absolute atomic E-state index is 0.0583. The Bertz CT molecular complexity index is 834. The summed E-state index contributed by atoms with van der Waals surface area (Å²) in [5.41, 5.74) is 2.25. The molecule has 1 saturated heterocycles. The second-order valence-electron chi connectivity index (χ2n) is 8.01. The Balaban J connectivity index is 1.45. The number of halogens is 1. The van der Waals surface area contributed by atoms with Crippen LogP contribution in [-0.2, 0) is 17.6 Å². The number of carbonyl (C=O) groups is 2. The molecule has 0 saturated carbocycles. The zero-order valence-corrected chi connectivity index (χ0v) is 18.8. The van der Waals surface area contributed by atoms with Crippen molar-refractivity contribution in [3.8, 4) is 0 Å². The fourth-order valence-corrected chi connectivity index (χ4v) is 4.83. The Kier molecular flexibility index (Phi) is 7.87. The smallest absolute Gasteiger partial charge is 0.226 e. The van der Waals surface area contributed by atoms with E-state index in [1.165, 1.54) is 29.7 Å². The first kappa shape index (κ1) is 22.0. The predicted molar refractivity (Wildman–Crippen MR) is 120 cm³/mol. The fourth-order valence-electron chi connectivity index (χ4n) is 3.89. The molecule has 0 N–H and O–H groups in total. The fraction of sp³-hybridized carbons (Fsp3) is 0.478. The minimum Gasteiger partial charge on any atom is -0.345 e. The largest absolute Gasteiger partial charge is 0.345 e. The molecule has 156 valence electrons. The van der Waals surface area contributed by atoms with Crippen LogP contribution in [0.3, 0.4) is 0 Å². The Labute approximate surface area is 182 Å². The number of nitrogens with zero attached hydrogens (tertiary/aromatic N) is 2. The summed E-state index contributed by atoms with van der Waals surface area (Å²) in [7, 11) is 1.90. The van der Waals surface area contributed by atoms with Crippen molar-refractivity contribution in [1.29, 1.82) is 0 Å². The van der Waals surface area contributed by atoms with Crippen molar-refractivity contribution in [3.63, 3.8) is 0 Å². The number of likely N-dealkylation sites (N-methyl/N-ethyl adjacent to an activating group) is 1. The molecule has 1 aromatic carbocycles. The first-order valence-corrected chi connectivity index (χ1v) is 11.5. The molecule has 0 radical (unpaired) electrons. The van der Waals surface area contributed by atoms with Gasteiger partial charge in [-0.15, -0.1) is 11.3 Å². The summed E-state index contributed by atoms with van der Waals surface area (Å²) >= 11 is 7.38. The molecule has 1 atom stereocenters. The molecular formula is C23H29ClN2O2S. The van der Waals surface area contributed by atoms with Crippen LogP contribution in [0.25, 0.3) is 0 Å². The third-order valence-corrected chi connectivity index (χ3v) is 6.88. The van der Waals surface area contributed by atoms with Gasteiger partial charge in [0.2, 0.25) is 5.91 Å². The van der Waals surface area contributed by atoms with E-state index in [9.17, 15) is 9.59 Å². The minimum atomic E-state index is 0.0583. The normalized spacial score (nSPS) is 17.3. The number of Topliss-reactive ketones (excluding diaryl/α,β-unsaturated/α-hetero) is 1. The Morgan fingerprint density at radius 1 is 1.24 bits per heavy atom. The van der Waals surface area contributed by atoms with E-state index in [-0.39, 0.29) is 11.7 Å². The van der Waals surface area contributed by atoms with Crippen LogP contribution < -0.4 is 0 Å². The van der Waals surface area contributed by atoms with Crippen LogP contribution >= 0.6 is 22.9 Å². The molecule has 6 heteroatoms. The molecule has 0 bridgehead atoms. The van der Waals surface area contributed by atoms with E-state index in [0.717, 1.165) is 48.1 Å². The lowest BCUT2D eigenvalue weighted by molar-refractivity contribution is -0.130. The van der Waals surface area contributed by atoms with E-state index < -0.39 is 0 Å². The molecule has 1 aliphatic heterocycles. The number of thiophene rings is 1. The van der Waals surface area contributed by atoms with Gasteiger partial charge in [0.05, 0.1) is 11.3 Å². The number of likely N-dealkylation sites (tertiary alicyclic amines) is 1. The van der Waals surface area contributed by atoms with Gasteiger partial charge in [-0.25, -0.2) is 0 Å². The number of hydrogen-bond acceptors (Lipinski definition) is 4. The van der Waals surface area contributed by atoms with Crippen LogP contribution in [0.2, 0.25) is 5.02 Å². The Hall–Kier alpha value is -1.69. The lowest BCUT2D eigenvalue weighted by Crippen LogP contribution is -2.42. The molecule has 4 nitrogen and oxygen atoms in total. The van der Waals surface area contributed by atoms with Crippen LogP contribution in [0.4, 0.5) is 0 Å². The van der Waals surface area contributed by atoms with Gasteiger partial charge in [0, 0.05) is 31.7 Å². The Morgan fingerprint density at radius 3 is 2.69 bits per heavy atom. The number of ketones is 1. The van der Waals surface area contributed by atoms with Crippen LogP contribution in [0, 0.1) is 5.92 Å². The molecule has 1 aliphatic rings. The third kappa shape index (κ3) is 6.66. The van der Waals surface area contributed by atoms with E-state index in [0.29, 0.717) is 12.3 Å². The van der Waals surface area contributed by atoms with Crippen molar-refractivity contribution in [2.75, 3.05) is 33.2 Å². The summed E-state index contributed by atoms with van der Waals surface area (Å²) in [4.78, 5) is 29.1. The zero-order chi connectivity index (χ0) is 20.8. The van der Waals surface area contributed by atoms with E-state index in [1.807, 2.05) is 35.5 Å². The summed E-state index contributed by atoms with van der Waals surface area (Å²) in [6, 6.07) is 9.93. The van der Waals surface area contributed by atoms with Gasteiger partial charge in [-0.05, 0) is 73.4 Å². The number of benzene rings is 1. The van der Waals surface area contributed by atoms with Crippen molar-refractivity contribution >= 4 is 34.6 Å². The number of rotatable bonds is 8. The van der Waals surface area contributed by atoms with Gasteiger partial charge in [-0.1, -0.05) is 23.7 Å². The third-order valence-electron chi connectivity index (χ3n) is 5.55. The lowest BCUT2D eigenvalue weighted by atomic mass is 9.97. The highest BCUT2D eigenvalue weighted by Crippen LogP contribution is 2.20. The van der Waals surface area contributed by atoms with Crippen molar-refractivity contribution in [2.24, 2.45) is 5.92 Å². The van der Waals surface area contributed by atoms with Crippen LogP contribution in [-0.4, -0.2) is 54.7 Å². The van der Waals surface area contributed by atoms with Gasteiger partial charge in [0.25, 0.3) is 0 Å². The van der Waals surface area contributed by atoms with E-state index in [4.69, 9.17) is 11.6 Å². The zero-order valence-electron chi connectivity index (χ0n) is 17.2. The summed E-state index contributed by atoms with van der Waals surface area (Å²) in [6.45, 7) is 5.56. The number of amides is 1. The second kappa shape index (κ2) is 10.4. The monoisotopic (exact) mass is 432 g/mol. The van der Waals surface area contributed by atoms with Crippen LogP contribution in [0.1, 0.15) is 40.6 Å². The van der Waals surface area contributed by atoms with Crippen molar-refractivity contribution < 1.29 is 9.59 Å². The number of piperidine rings is 1. The molecule has 1 fully saturated rings. The maximum atomic E-state index is 12.6. The SMILES string of the molecule is CC(=O)c1cc(CC(=O)N(C)C[C@@H]2CCCN(CCc3ccc(Cl)cc3)C2)cs1. The van der Waals surface area contributed by atoms with Crippen LogP contribution in [0.15, 0.2) is 35.7 Å². The molecule has 1 aromatic heterocycles. The highest BCUT2D eigenvalue weighted by molar-refractivity contribution is 7.12. The Morgan fingerprint density at radius 2 is 2.00 bits per heavy atom. The van der Waals surface area contributed by atoms with Gasteiger partial charge in [0.15, 0.2) is 5.78 Å². The molecule has 2 heterocycles. The summed E-state index contributed by atoms with van der Waals surface area (Å²) in [5.74, 6) is 0.692. The number of carbonyl (C=O) groups excluding carboxylic acids is 2. The average molecular weight is 433 g/mol. The standard InChI is InChI=1S/C23H29ClN2O2S/c1-17(27)22-12-20(16-29-22)13-23(28)25(2)14-19-4-3-10-26(15-19)11-9-18-5-7-21(24)8-6-18/h5-8,12,16,19H,3-4,9-11,13-15H2,1-2H3/t19-/m0/s1. The van der Waals surface area contributed by atoms with E-state index in [1.54, 1.807) is 6.92 Å². The van der Waals surface area contributed by atoms with Gasteiger partial charge < -0.3 is 9.80 Å². The van der Waals surface area contributed by atoms with Gasteiger partial charge in [-0.3, -0.25) is 9.59 Å². The first-order chi connectivity index (χ1) is 13.9. The van der Waals surface area contributed by atoms with Gasteiger partial charge in [0.1, 0.15) is 0 Å². The van der Waals surface area contributed by atoms with Crippen molar-refractivity contribution in [2.45, 2.75) is 32.6 Å². The second-order valence-corrected chi connectivity index (χ2v) is 9.36. The molecule has 2 aromatic rings. The molecule has 1 amide bonds. The topological polar surface area (TPSA) is 40.6 Å². The highest BCUT2D eigenvalue weighted by atomic mass is 35.5. The molecule has 29 heavy (non-hydrogen) atoms. The van der Waals surface area contributed by atoms with E-state index >= 15 is 0 Å². The van der Waals surface area contributed by atoms with Crippen molar-refractivity contribution in [3.05, 3.63) is 56.7 Å². The molecule has 3 rings (SSSR count). The predicted octanol–water partition coefficient (Wildman–Crippen LogP) is 4.56. The average Bonchev–Trinajstić information content (AvgIpc) is 3.17. The highest BCUT2D eigenvalue weighted by Gasteiger charge is 2.23. The molecule has 0 aliphatic carbocycles. The maximum Gasteiger partial charge on any atom is 0.226 e. The van der Waals surface area contributed by atoms with Crippen LogP contribution in [0.5, 0.6) is 0 Å². The molecular weight excluding hydrogens is 404 g/mol. The summed E-state index contributed by atoms with van der Waals surface area (Å²) in [6.07, 6.45) is 3.74. The van der Waals surface area contributed by atoms with E-state index in [2.05, 4.69) is 17.0 Å². The van der Waals surface area contributed by atoms with Gasteiger partial charge in [-0.2, -0.15) is 0 Å².